The second-order valence-electron chi connectivity index (χ2n) is 5.64. The summed E-state index contributed by atoms with van der Waals surface area (Å²) in [6.07, 6.45) is 4.56. The molecular formula is C20H15N5O2. The molecule has 132 valence electrons. The Morgan fingerprint density at radius 2 is 1.81 bits per heavy atom. The van der Waals surface area contributed by atoms with Gasteiger partial charge in [0.15, 0.2) is 5.82 Å². The Balaban J connectivity index is 1.46. The number of nitrogens with one attached hydrogen (secondary N) is 1. The van der Waals surface area contributed by atoms with E-state index in [4.69, 9.17) is 4.74 Å². The molecule has 0 atom stereocenters. The summed E-state index contributed by atoms with van der Waals surface area (Å²) in [5.41, 5.74) is 1.07. The number of carbonyl (C=O) groups is 1. The maximum Gasteiger partial charge on any atom is 0.255 e. The second kappa shape index (κ2) is 7.49. The molecule has 2 aromatic heterocycles. The van der Waals surface area contributed by atoms with E-state index in [1.54, 1.807) is 48.9 Å². The molecule has 7 nitrogen and oxygen atoms in total. The summed E-state index contributed by atoms with van der Waals surface area (Å²) in [7, 11) is 0. The highest BCUT2D eigenvalue weighted by atomic mass is 16.5. The van der Waals surface area contributed by atoms with Crippen LogP contribution in [0, 0.1) is 0 Å². The van der Waals surface area contributed by atoms with Gasteiger partial charge in [-0.1, -0.05) is 24.3 Å². The largest absolute Gasteiger partial charge is 0.457 e. The van der Waals surface area contributed by atoms with Crippen LogP contribution < -0.4 is 10.1 Å². The molecule has 2 aromatic carbocycles. The lowest BCUT2D eigenvalue weighted by Gasteiger charge is -2.09. The van der Waals surface area contributed by atoms with Gasteiger partial charge in [-0.05, 0) is 42.5 Å². The summed E-state index contributed by atoms with van der Waals surface area (Å²) in [5, 5.41) is 6.83. The van der Waals surface area contributed by atoms with Crippen LogP contribution >= 0.6 is 0 Å². The summed E-state index contributed by atoms with van der Waals surface area (Å²) in [6, 6.07) is 19.9. The zero-order valence-electron chi connectivity index (χ0n) is 14.2. The number of benzene rings is 2. The number of anilines is 1. The van der Waals surface area contributed by atoms with Crippen molar-refractivity contribution in [1.29, 1.82) is 0 Å². The Labute approximate surface area is 155 Å². The molecule has 27 heavy (non-hydrogen) atoms. The highest BCUT2D eigenvalue weighted by molar-refractivity contribution is 6.04. The Morgan fingerprint density at radius 1 is 0.963 bits per heavy atom. The first-order valence-electron chi connectivity index (χ1n) is 8.23. The molecule has 0 radical (unpaired) electrons. The smallest absolute Gasteiger partial charge is 0.255 e. The number of carbonyl (C=O) groups excluding carboxylic acids is 1. The van der Waals surface area contributed by atoms with Gasteiger partial charge in [-0.15, -0.1) is 0 Å². The van der Waals surface area contributed by atoms with Crippen LogP contribution in [0.2, 0.25) is 0 Å². The molecule has 0 saturated carbocycles. The quantitative estimate of drug-likeness (QED) is 0.589. The van der Waals surface area contributed by atoms with Gasteiger partial charge in [-0.25, -0.2) is 14.6 Å². The Bertz CT molecular complexity index is 1030. The number of hydrogen-bond donors (Lipinski definition) is 1. The molecule has 1 amide bonds. The van der Waals surface area contributed by atoms with Crippen LogP contribution in [0.1, 0.15) is 10.4 Å². The fourth-order valence-corrected chi connectivity index (χ4v) is 2.45. The topological polar surface area (TPSA) is 81.9 Å². The predicted octanol–water partition coefficient (Wildman–Crippen LogP) is 3.71. The molecule has 0 aliphatic carbocycles. The van der Waals surface area contributed by atoms with Gasteiger partial charge in [0.25, 0.3) is 5.91 Å². The lowest BCUT2D eigenvalue weighted by atomic mass is 10.2. The molecular weight excluding hydrogens is 342 g/mol. The van der Waals surface area contributed by atoms with Crippen molar-refractivity contribution in [2.24, 2.45) is 0 Å². The van der Waals surface area contributed by atoms with E-state index in [-0.39, 0.29) is 5.91 Å². The monoisotopic (exact) mass is 357 g/mol. The standard InChI is InChI=1S/C20H15N5O2/c26-20(24-16-9-10-19(22-12-16)25-14-21-13-23-25)15-5-4-8-18(11-15)27-17-6-2-1-3-7-17/h1-14H,(H,24,26). The number of aromatic nitrogens is 4. The lowest BCUT2D eigenvalue weighted by Crippen LogP contribution is -2.12. The van der Waals surface area contributed by atoms with Crippen LogP contribution in [0.4, 0.5) is 5.69 Å². The Kier molecular flexibility index (Phi) is 4.57. The first kappa shape index (κ1) is 16.5. The highest BCUT2D eigenvalue weighted by Crippen LogP contribution is 2.22. The third kappa shape index (κ3) is 3.98. The van der Waals surface area contributed by atoms with Crippen molar-refractivity contribution in [3.05, 3.63) is 91.1 Å². The van der Waals surface area contributed by atoms with Gasteiger partial charge in [0.05, 0.1) is 11.9 Å². The van der Waals surface area contributed by atoms with Crippen LogP contribution in [0.25, 0.3) is 5.82 Å². The van der Waals surface area contributed by atoms with E-state index >= 15 is 0 Å². The SMILES string of the molecule is O=C(Nc1ccc(-n2cncn2)nc1)c1cccc(Oc2ccccc2)c1. The molecule has 0 fully saturated rings. The normalized spacial score (nSPS) is 10.4. The van der Waals surface area contributed by atoms with Gasteiger partial charge in [-0.2, -0.15) is 5.10 Å². The first-order valence-corrected chi connectivity index (χ1v) is 8.23. The van der Waals surface area contributed by atoms with Crippen LogP contribution in [0.15, 0.2) is 85.6 Å². The van der Waals surface area contributed by atoms with Crippen molar-refractivity contribution in [1.82, 2.24) is 19.7 Å². The summed E-state index contributed by atoms with van der Waals surface area (Å²) in [5.74, 6) is 1.67. The predicted molar refractivity (Wildman–Crippen MR) is 100 cm³/mol. The summed E-state index contributed by atoms with van der Waals surface area (Å²) < 4.78 is 7.31. The minimum atomic E-state index is -0.246. The van der Waals surface area contributed by atoms with Crippen LogP contribution in [-0.4, -0.2) is 25.7 Å². The van der Waals surface area contributed by atoms with Crippen molar-refractivity contribution in [3.63, 3.8) is 0 Å². The molecule has 4 aromatic rings. The molecule has 0 bridgehead atoms. The molecule has 0 aliphatic heterocycles. The minimum absolute atomic E-state index is 0.246. The fraction of sp³-hybridized carbons (Fsp3) is 0. The Hall–Kier alpha value is -4.00. The molecule has 0 unspecified atom stereocenters. The number of rotatable bonds is 5. The summed E-state index contributed by atoms with van der Waals surface area (Å²) in [6.45, 7) is 0. The van der Waals surface area contributed by atoms with Gasteiger partial charge < -0.3 is 10.1 Å². The second-order valence-corrected chi connectivity index (χ2v) is 5.64. The van der Waals surface area contributed by atoms with E-state index in [1.807, 2.05) is 30.3 Å². The number of para-hydroxylation sites is 1. The van der Waals surface area contributed by atoms with Gasteiger partial charge in [0, 0.05) is 5.56 Å². The fourth-order valence-electron chi connectivity index (χ4n) is 2.45. The van der Waals surface area contributed by atoms with Crippen LogP contribution in [0.5, 0.6) is 11.5 Å². The van der Waals surface area contributed by atoms with Crippen LogP contribution in [-0.2, 0) is 0 Å². The molecule has 4 rings (SSSR count). The molecule has 7 heteroatoms. The number of hydrogen-bond acceptors (Lipinski definition) is 5. The van der Waals surface area contributed by atoms with Crippen molar-refractivity contribution in [2.45, 2.75) is 0 Å². The number of nitrogens with zero attached hydrogens (tertiary/aromatic N) is 4. The van der Waals surface area contributed by atoms with Crippen molar-refractivity contribution < 1.29 is 9.53 Å². The third-order valence-electron chi connectivity index (χ3n) is 3.73. The molecule has 0 aliphatic rings. The van der Waals surface area contributed by atoms with Crippen molar-refractivity contribution >= 4 is 11.6 Å². The third-order valence-corrected chi connectivity index (χ3v) is 3.73. The molecule has 0 spiro atoms. The van der Waals surface area contributed by atoms with E-state index < -0.39 is 0 Å². The Morgan fingerprint density at radius 3 is 2.56 bits per heavy atom. The summed E-state index contributed by atoms with van der Waals surface area (Å²) >= 11 is 0. The van der Waals surface area contributed by atoms with Gasteiger partial charge in [0.1, 0.15) is 24.2 Å². The molecule has 1 N–H and O–H groups in total. The van der Waals surface area contributed by atoms with Gasteiger partial charge >= 0.3 is 0 Å². The average molecular weight is 357 g/mol. The maximum atomic E-state index is 12.5. The minimum Gasteiger partial charge on any atom is -0.457 e. The maximum absolute atomic E-state index is 12.5. The van der Waals surface area contributed by atoms with E-state index in [0.29, 0.717) is 28.6 Å². The zero-order valence-corrected chi connectivity index (χ0v) is 14.2. The van der Waals surface area contributed by atoms with E-state index in [9.17, 15) is 4.79 Å². The summed E-state index contributed by atoms with van der Waals surface area (Å²) in [4.78, 5) is 20.7. The van der Waals surface area contributed by atoms with E-state index in [2.05, 4.69) is 20.4 Å². The number of amides is 1. The highest BCUT2D eigenvalue weighted by Gasteiger charge is 2.09. The van der Waals surface area contributed by atoms with Crippen molar-refractivity contribution in [2.75, 3.05) is 5.32 Å². The molecule has 0 saturated heterocycles. The lowest BCUT2D eigenvalue weighted by molar-refractivity contribution is 0.102. The van der Waals surface area contributed by atoms with Gasteiger partial charge in [0.2, 0.25) is 0 Å². The van der Waals surface area contributed by atoms with Gasteiger partial charge in [-0.3, -0.25) is 4.79 Å². The number of ether oxygens (including phenoxy) is 1. The van der Waals surface area contributed by atoms with Crippen LogP contribution in [0.3, 0.4) is 0 Å². The van der Waals surface area contributed by atoms with E-state index in [1.165, 1.54) is 11.0 Å². The average Bonchev–Trinajstić information content (AvgIpc) is 3.24. The number of pyridine rings is 1. The van der Waals surface area contributed by atoms with E-state index in [0.717, 1.165) is 0 Å². The molecule has 2 heterocycles. The van der Waals surface area contributed by atoms with Crippen molar-refractivity contribution in [3.8, 4) is 17.3 Å². The first-order chi connectivity index (χ1) is 13.3. The zero-order chi connectivity index (χ0) is 18.5.